The lowest BCUT2D eigenvalue weighted by Crippen LogP contribution is -2.59. The Kier molecular flexibility index (Phi) is 9.90. The van der Waals surface area contributed by atoms with E-state index >= 15 is 0 Å². The van der Waals surface area contributed by atoms with Crippen molar-refractivity contribution in [3.63, 3.8) is 0 Å². The molecule has 1 atom stereocenters. The van der Waals surface area contributed by atoms with Gasteiger partial charge in [0, 0.05) is 18.7 Å². The maximum atomic E-state index is 12.8. The summed E-state index contributed by atoms with van der Waals surface area (Å²) >= 11 is 0. The second-order valence-corrected chi connectivity index (χ2v) is 12.5. The first kappa shape index (κ1) is 31.1. The number of hydrogen-bond donors (Lipinski definition) is 2. The molecule has 8 nitrogen and oxygen atoms in total. The van der Waals surface area contributed by atoms with Crippen LogP contribution in [0.2, 0.25) is 0 Å². The first-order valence-electron chi connectivity index (χ1n) is 15.5. The van der Waals surface area contributed by atoms with Gasteiger partial charge in [-0.2, -0.15) is 0 Å². The lowest BCUT2D eigenvalue weighted by Gasteiger charge is -2.48. The number of piperidine rings is 3. The predicted molar refractivity (Wildman–Crippen MR) is 174 cm³/mol. The monoisotopic (exact) mass is 597 g/mol. The van der Waals surface area contributed by atoms with Gasteiger partial charge in [0.25, 0.3) is 0 Å². The molecule has 0 aromatic heterocycles. The normalized spacial score (nSPS) is 19.5. The zero-order valence-electron chi connectivity index (χ0n) is 25.9. The second-order valence-electron chi connectivity index (χ2n) is 12.5. The molecule has 3 fully saturated rings. The minimum absolute atomic E-state index is 0.0592. The number of nitrogens with one attached hydrogen (secondary N) is 1. The molecule has 2 amide bonds. The maximum Gasteiger partial charge on any atom is 0.412 e. The minimum atomic E-state index is -0.908. The van der Waals surface area contributed by atoms with Gasteiger partial charge in [-0.3, -0.25) is 4.90 Å². The summed E-state index contributed by atoms with van der Waals surface area (Å²) in [6.45, 7) is 9.26. The molecule has 3 aromatic carbocycles. The van der Waals surface area contributed by atoms with E-state index in [9.17, 15) is 14.7 Å². The third-order valence-corrected chi connectivity index (χ3v) is 8.19. The lowest BCUT2D eigenvalue weighted by atomic mass is 9.82. The van der Waals surface area contributed by atoms with Crippen LogP contribution in [-0.4, -0.2) is 66.6 Å². The maximum absolute atomic E-state index is 12.8. The van der Waals surface area contributed by atoms with Crippen molar-refractivity contribution in [2.45, 2.75) is 51.7 Å². The van der Waals surface area contributed by atoms with Crippen LogP contribution in [0.3, 0.4) is 0 Å². The minimum Gasteiger partial charge on any atom is -0.490 e. The molecule has 3 aliphatic rings. The van der Waals surface area contributed by atoms with Gasteiger partial charge in [-0.05, 0) is 100 Å². The Balaban J connectivity index is 1.23. The molecule has 2 N–H and O–H groups in total. The smallest absolute Gasteiger partial charge is 0.412 e. The molecule has 8 heteroatoms. The highest BCUT2D eigenvalue weighted by atomic mass is 16.6. The molecule has 3 saturated heterocycles. The van der Waals surface area contributed by atoms with Gasteiger partial charge in [0.1, 0.15) is 18.0 Å². The molecule has 232 valence electrons. The molecule has 0 saturated carbocycles. The van der Waals surface area contributed by atoms with Gasteiger partial charge in [-0.25, -0.2) is 9.59 Å². The summed E-state index contributed by atoms with van der Waals surface area (Å²) in [5, 5.41) is 13.3. The molecule has 0 aliphatic carbocycles. The Morgan fingerprint density at radius 2 is 1.75 bits per heavy atom. The van der Waals surface area contributed by atoms with E-state index in [0.29, 0.717) is 25.5 Å². The van der Waals surface area contributed by atoms with Crippen LogP contribution >= 0.6 is 0 Å². The fourth-order valence-electron chi connectivity index (χ4n) is 6.07. The van der Waals surface area contributed by atoms with E-state index in [2.05, 4.69) is 10.2 Å². The molecular weight excluding hydrogens is 554 g/mol. The summed E-state index contributed by atoms with van der Waals surface area (Å²) in [6.07, 6.45) is 5.36. The average molecular weight is 598 g/mol. The topological polar surface area (TPSA) is 91.3 Å². The van der Waals surface area contributed by atoms with Gasteiger partial charge < -0.3 is 24.8 Å². The summed E-state index contributed by atoms with van der Waals surface area (Å²) in [5.74, 6) is 1.12. The van der Waals surface area contributed by atoms with Gasteiger partial charge in [0.2, 0.25) is 0 Å². The van der Waals surface area contributed by atoms with Gasteiger partial charge in [0.05, 0.1) is 11.7 Å². The van der Waals surface area contributed by atoms with Crippen molar-refractivity contribution in [1.82, 2.24) is 10.2 Å². The van der Waals surface area contributed by atoms with E-state index in [1.165, 1.54) is 0 Å². The fourth-order valence-corrected chi connectivity index (χ4v) is 6.07. The SMILES string of the molecule is CC(C)(C)OC(=O)NCCc1ccc(OCC=Cc2ccc(-c3ccccc3)c(N(C(=O)O)[C@H]3CN4CCC3CC4)c2)cc1. The van der Waals surface area contributed by atoms with Crippen LogP contribution < -0.4 is 15.0 Å². The van der Waals surface area contributed by atoms with Crippen LogP contribution in [0.15, 0.2) is 78.9 Å². The summed E-state index contributed by atoms with van der Waals surface area (Å²) in [5.41, 5.74) is 4.13. The molecule has 0 radical (unpaired) electrons. The molecule has 3 heterocycles. The number of fused-ring (bicyclic) bond motifs is 3. The summed E-state index contributed by atoms with van der Waals surface area (Å²) in [4.78, 5) is 28.6. The van der Waals surface area contributed by atoms with Crippen LogP contribution in [0, 0.1) is 5.92 Å². The highest BCUT2D eigenvalue weighted by Crippen LogP contribution is 2.39. The third-order valence-electron chi connectivity index (χ3n) is 8.19. The van der Waals surface area contributed by atoms with E-state index in [-0.39, 0.29) is 6.04 Å². The van der Waals surface area contributed by atoms with Crippen molar-refractivity contribution < 1.29 is 24.2 Å². The summed E-state index contributed by atoms with van der Waals surface area (Å²) in [6, 6.07) is 23.8. The van der Waals surface area contributed by atoms with E-state index in [1.807, 2.05) is 106 Å². The van der Waals surface area contributed by atoms with E-state index < -0.39 is 17.8 Å². The number of anilines is 1. The number of ether oxygens (including phenoxy) is 2. The zero-order valence-corrected chi connectivity index (χ0v) is 25.9. The predicted octanol–water partition coefficient (Wildman–Crippen LogP) is 7.09. The van der Waals surface area contributed by atoms with E-state index in [1.54, 1.807) is 4.90 Å². The second kappa shape index (κ2) is 14.0. The molecule has 3 aromatic rings. The molecule has 0 unspecified atom stereocenters. The van der Waals surface area contributed by atoms with Gasteiger partial charge in [-0.15, -0.1) is 0 Å². The summed E-state index contributed by atoms with van der Waals surface area (Å²) in [7, 11) is 0. The Labute approximate surface area is 260 Å². The molecule has 2 bridgehead atoms. The average Bonchev–Trinajstić information content (AvgIpc) is 3.00. The number of benzene rings is 3. The van der Waals surface area contributed by atoms with E-state index in [0.717, 1.165) is 66.2 Å². The first-order valence-corrected chi connectivity index (χ1v) is 15.5. The van der Waals surface area contributed by atoms with Crippen molar-refractivity contribution in [2.24, 2.45) is 5.92 Å². The number of rotatable bonds is 10. The van der Waals surface area contributed by atoms with Crippen molar-refractivity contribution in [3.05, 3.63) is 90.0 Å². The Morgan fingerprint density at radius 1 is 1.02 bits per heavy atom. The van der Waals surface area contributed by atoms with E-state index in [4.69, 9.17) is 9.47 Å². The third kappa shape index (κ3) is 8.20. The molecular formula is C36H43N3O5. The Hall–Kier alpha value is -4.30. The van der Waals surface area contributed by atoms with Crippen LogP contribution in [-0.2, 0) is 11.2 Å². The van der Waals surface area contributed by atoms with Crippen molar-refractivity contribution >= 4 is 23.9 Å². The Morgan fingerprint density at radius 3 is 2.39 bits per heavy atom. The number of carboxylic acid groups (broad SMARTS) is 1. The number of amides is 2. The lowest BCUT2D eigenvalue weighted by molar-refractivity contribution is 0.0528. The first-order chi connectivity index (χ1) is 21.2. The Bertz CT molecular complexity index is 1440. The highest BCUT2D eigenvalue weighted by Gasteiger charge is 2.40. The number of hydrogen-bond acceptors (Lipinski definition) is 5. The molecule has 44 heavy (non-hydrogen) atoms. The van der Waals surface area contributed by atoms with Crippen LogP contribution in [0.4, 0.5) is 15.3 Å². The van der Waals surface area contributed by atoms with Gasteiger partial charge in [-0.1, -0.05) is 60.7 Å². The molecule has 6 rings (SSSR count). The van der Waals surface area contributed by atoms with Crippen molar-refractivity contribution in [1.29, 1.82) is 0 Å². The molecule has 3 aliphatic heterocycles. The number of carbonyl (C=O) groups excluding carboxylic acids is 1. The highest BCUT2D eigenvalue weighted by molar-refractivity contribution is 5.94. The zero-order chi connectivity index (χ0) is 31.1. The van der Waals surface area contributed by atoms with Crippen LogP contribution in [0.25, 0.3) is 17.2 Å². The quantitative estimate of drug-likeness (QED) is 0.259. The van der Waals surface area contributed by atoms with Crippen molar-refractivity contribution in [2.75, 3.05) is 37.7 Å². The van der Waals surface area contributed by atoms with Gasteiger partial charge in [0.15, 0.2) is 0 Å². The standard InChI is InChI=1S/C36H43N3O5/c1-36(2,3)44-34(40)37-20-17-26-11-14-30(15-12-26)43-23-7-8-27-13-16-31(28-9-5-4-6-10-28)32(24-27)39(35(41)42)33-25-38-21-18-29(33)19-22-38/h4-16,24,29,33H,17-23,25H2,1-3H3,(H,37,40)(H,41,42)/t33-/m0/s1. The summed E-state index contributed by atoms with van der Waals surface area (Å²) < 4.78 is 11.2. The number of carbonyl (C=O) groups is 2. The largest absolute Gasteiger partial charge is 0.490 e. The van der Waals surface area contributed by atoms with Crippen LogP contribution in [0.5, 0.6) is 5.75 Å². The fraction of sp³-hybridized carbons (Fsp3) is 0.389. The van der Waals surface area contributed by atoms with Crippen LogP contribution in [0.1, 0.15) is 44.7 Å². The van der Waals surface area contributed by atoms with Gasteiger partial charge >= 0.3 is 12.2 Å². The van der Waals surface area contributed by atoms with Crippen molar-refractivity contribution in [3.8, 4) is 16.9 Å². The number of alkyl carbamates (subject to hydrolysis) is 1. The number of nitrogens with zero attached hydrogens (tertiary/aromatic N) is 2. The molecule has 0 spiro atoms.